The maximum absolute atomic E-state index is 9.73. The van der Waals surface area contributed by atoms with Gasteiger partial charge in [0, 0.05) is 19.1 Å². The molecule has 1 unspecified atom stereocenters. The Morgan fingerprint density at radius 2 is 1.90 bits per heavy atom. The van der Waals surface area contributed by atoms with Crippen LogP contribution in [0.5, 0.6) is 0 Å². The van der Waals surface area contributed by atoms with Crippen molar-refractivity contribution in [3.63, 3.8) is 0 Å². The van der Waals surface area contributed by atoms with Gasteiger partial charge in [0.15, 0.2) is 0 Å². The van der Waals surface area contributed by atoms with Crippen molar-refractivity contribution in [1.82, 2.24) is 4.90 Å². The van der Waals surface area contributed by atoms with Crippen molar-refractivity contribution in [3.8, 4) is 6.07 Å². The maximum atomic E-state index is 9.73. The molecule has 1 N–H and O–H groups in total. The van der Waals surface area contributed by atoms with Crippen LogP contribution in [-0.4, -0.2) is 28.7 Å². The molecule has 0 saturated heterocycles. The zero-order valence-corrected chi connectivity index (χ0v) is 12.3. The number of hydrogen-bond donors (Lipinski definition) is 1. The van der Waals surface area contributed by atoms with Crippen molar-refractivity contribution in [3.05, 3.63) is 35.4 Å². The number of nitriles is 1. The molecule has 3 nitrogen and oxygen atoms in total. The molecule has 1 aliphatic rings. The molecule has 0 radical (unpaired) electrons. The maximum Gasteiger partial charge on any atom is 0.0991 e. The molecule has 0 spiro atoms. The molecule has 1 aromatic rings. The van der Waals surface area contributed by atoms with E-state index in [1.54, 1.807) is 0 Å². The third-order valence-corrected chi connectivity index (χ3v) is 4.06. The fourth-order valence-electron chi connectivity index (χ4n) is 3.05. The summed E-state index contributed by atoms with van der Waals surface area (Å²) in [5.41, 5.74) is 1.92. The van der Waals surface area contributed by atoms with Crippen molar-refractivity contribution in [2.75, 3.05) is 6.54 Å². The number of benzene rings is 1. The second-order valence-electron chi connectivity index (χ2n) is 5.88. The van der Waals surface area contributed by atoms with Crippen molar-refractivity contribution >= 4 is 0 Å². The Morgan fingerprint density at radius 1 is 1.25 bits per heavy atom. The van der Waals surface area contributed by atoms with E-state index in [9.17, 15) is 5.11 Å². The van der Waals surface area contributed by atoms with E-state index in [-0.39, 0.29) is 6.10 Å². The molecule has 108 valence electrons. The van der Waals surface area contributed by atoms with Gasteiger partial charge in [-0.25, -0.2) is 0 Å². The van der Waals surface area contributed by atoms with Crippen LogP contribution < -0.4 is 0 Å². The van der Waals surface area contributed by atoms with Gasteiger partial charge in [-0.1, -0.05) is 31.4 Å². The van der Waals surface area contributed by atoms with Crippen molar-refractivity contribution in [2.45, 2.75) is 57.7 Å². The molecule has 0 aromatic heterocycles. The van der Waals surface area contributed by atoms with Crippen LogP contribution in [-0.2, 0) is 6.54 Å². The summed E-state index contributed by atoms with van der Waals surface area (Å²) in [5, 5.41) is 18.6. The Labute approximate surface area is 121 Å². The standard InChI is InChI=1S/C17H24N2O/c1-14(20)12-19(17-5-3-2-4-6-17)13-16-9-7-15(11-18)8-10-16/h7-10,14,17,20H,2-6,12-13H2,1H3. The lowest BCUT2D eigenvalue weighted by Crippen LogP contribution is -2.40. The van der Waals surface area contributed by atoms with Gasteiger partial charge in [-0.3, -0.25) is 4.90 Å². The highest BCUT2D eigenvalue weighted by Crippen LogP contribution is 2.24. The van der Waals surface area contributed by atoms with Gasteiger partial charge >= 0.3 is 0 Å². The third kappa shape index (κ3) is 4.33. The molecule has 1 fully saturated rings. The molecule has 0 heterocycles. The van der Waals surface area contributed by atoms with E-state index >= 15 is 0 Å². The molecule has 1 aliphatic carbocycles. The van der Waals surface area contributed by atoms with E-state index < -0.39 is 0 Å². The largest absolute Gasteiger partial charge is 0.392 e. The summed E-state index contributed by atoms with van der Waals surface area (Å²) >= 11 is 0. The van der Waals surface area contributed by atoms with Gasteiger partial charge in [-0.05, 0) is 37.5 Å². The Hall–Kier alpha value is -1.37. The second kappa shape index (κ2) is 7.42. The smallest absolute Gasteiger partial charge is 0.0991 e. The summed E-state index contributed by atoms with van der Waals surface area (Å²) in [4.78, 5) is 2.41. The van der Waals surface area contributed by atoms with E-state index in [0.717, 1.165) is 13.1 Å². The number of aliphatic hydroxyl groups excluding tert-OH is 1. The predicted octanol–water partition coefficient (Wildman–Crippen LogP) is 3.07. The van der Waals surface area contributed by atoms with Crippen LogP contribution >= 0.6 is 0 Å². The van der Waals surface area contributed by atoms with Crippen LogP contribution in [0.25, 0.3) is 0 Å². The number of rotatable bonds is 5. The fraction of sp³-hybridized carbons (Fsp3) is 0.588. The third-order valence-electron chi connectivity index (χ3n) is 4.06. The van der Waals surface area contributed by atoms with Gasteiger partial charge in [-0.15, -0.1) is 0 Å². The average molecular weight is 272 g/mol. The quantitative estimate of drug-likeness (QED) is 0.896. The Kier molecular flexibility index (Phi) is 5.58. The van der Waals surface area contributed by atoms with Gasteiger partial charge in [0.05, 0.1) is 17.7 Å². The molecule has 0 aliphatic heterocycles. The summed E-state index contributed by atoms with van der Waals surface area (Å²) < 4.78 is 0. The van der Waals surface area contributed by atoms with Crippen LogP contribution in [0.3, 0.4) is 0 Å². The van der Waals surface area contributed by atoms with Crippen LogP contribution in [0.1, 0.15) is 50.2 Å². The SMILES string of the molecule is CC(O)CN(Cc1ccc(C#N)cc1)C1CCCCC1. The van der Waals surface area contributed by atoms with Gasteiger partial charge in [0.1, 0.15) is 0 Å². The lowest BCUT2D eigenvalue weighted by atomic mass is 9.93. The van der Waals surface area contributed by atoms with Gasteiger partial charge in [-0.2, -0.15) is 5.26 Å². The Bertz CT molecular complexity index is 441. The molecule has 0 bridgehead atoms. The van der Waals surface area contributed by atoms with Gasteiger partial charge < -0.3 is 5.11 Å². The first-order chi connectivity index (χ1) is 9.69. The summed E-state index contributed by atoms with van der Waals surface area (Å²) in [6.07, 6.45) is 6.13. The second-order valence-corrected chi connectivity index (χ2v) is 5.88. The molecule has 0 amide bonds. The number of aliphatic hydroxyl groups is 1. The van der Waals surface area contributed by atoms with Crippen LogP contribution in [0, 0.1) is 11.3 Å². The minimum Gasteiger partial charge on any atom is -0.392 e. The fourth-order valence-corrected chi connectivity index (χ4v) is 3.05. The highest BCUT2D eigenvalue weighted by molar-refractivity contribution is 5.31. The van der Waals surface area contributed by atoms with Gasteiger partial charge in [0.25, 0.3) is 0 Å². The van der Waals surface area contributed by atoms with Crippen molar-refractivity contribution in [2.24, 2.45) is 0 Å². The average Bonchev–Trinajstić information content (AvgIpc) is 2.48. The lowest BCUT2D eigenvalue weighted by molar-refractivity contribution is 0.0769. The molecule has 1 saturated carbocycles. The predicted molar refractivity (Wildman–Crippen MR) is 80.1 cm³/mol. The lowest BCUT2D eigenvalue weighted by Gasteiger charge is -2.35. The zero-order valence-electron chi connectivity index (χ0n) is 12.3. The van der Waals surface area contributed by atoms with Crippen LogP contribution in [0.15, 0.2) is 24.3 Å². The molecule has 1 atom stereocenters. The normalized spacial score (nSPS) is 17.9. The first-order valence-corrected chi connectivity index (χ1v) is 7.60. The number of nitrogens with zero attached hydrogens (tertiary/aromatic N) is 2. The molecule has 2 rings (SSSR count). The van der Waals surface area contributed by atoms with Crippen molar-refractivity contribution in [1.29, 1.82) is 5.26 Å². The van der Waals surface area contributed by atoms with E-state index in [1.807, 2.05) is 31.2 Å². The minimum absolute atomic E-state index is 0.296. The summed E-state index contributed by atoms with van der Waals surface area (Å²) in [5.74, 6) is 0. The van der Waals surface area contributed by atoms with E-state index in [4.69, 9.17) is 5.26 Å². The monoisotopic (exact) mass is 272 g/mol. The zero-order chi connectivity index (χ0) is 14.4. The molecular formula is C17H24N2O. The topological polar surface area (TPSA) is 47.3 Å². The first kappa shape index (κ1) is 15.0. The molecule has 20 heavy (non-hydrogen) atoms. The van der Waals surface area contributed by atoms with Crippen LogP contribution in [0.2, 0.25) is 0 Å². The van der Waals surface area contributed by atoms with E-state index in [1.165, 1.54) is 37.7 Å². The molecular weight excluding hydrogens is 248 g/mol. The van der Waals surface area contributed by atoms with Crippen molar-refractivity contribution < 1.29 is 5.11 Å². The Balaban J connectivity index is 2.03. The number of hydrogen-bond acceptors (Lipinski definition) is 3. The Morgan fingerprint density at radius 3 is 2.45 bits per heavy atom. The van der Waals surface area contributed by atoms with E-state index in [2.05, 4.69) is 11.0 Å². The summed E-state index contributed by atoms with van der Waals surface area (Å²) in [6.45, 7) is 3.44. The minimum atomic E-state index is -0.296. The van der Waals surface area contributed by atoms with E-state index in [0.29, 0.717) is 11.6 Å². The highest BCUT2D eigenvalue weighted by Gasteiger charge is 2.22. The van der Waals surface area contributed by atoms with Crippen LogP contribution in [0.4, 0.5) is 0 Å². The summed E-state index contributed by atoms with van der Waals surface area (Å²) in [6, 6.07) is 10.5. The highest BCUT2D eigenvalue weighted by atomic mass is 16.3. The first-order valence-electron chi connectivity index (χ1n) is 7.60. The van der Waals surface area contributed by atoms with Gasteiger partial charge in [0.2, 0.25) is 0 Å². The molecule has 3 heteroatoms. The molecule has 1 aromatic carbocycles. The summed E-state index contributed by atoms with van der Waals surface area (Å²) in [7, 11) is 0.